The van der Waals surface area contributed by atoms with Crippen molar-refractivity contribution in [2.45, 2.75) is 174 Å². The average molecular weight is 587 g/mol. The topological polar surface area (TPSA) is 141 Å². The van der Waals surface area contributed by atoms with Crippen molar-refractivity contribution in [3.8, 4) is 0 Å². The van der Waals surface area contributed by atoms with Gasteiger partial charge in [0.05, 0.1) is 12.0 Å². The average Bonchev–Trinajstić information content (AvgIpc) is 2.94. The van der Waals surface area contributed by atoms with Crippen molar-refractivity contribution in [2.24, 2.45) is 5.41 Å². The van der Waals surface area contributed by atoms with Crippen LogP contribution in [0.1, 0.15) is 167 Å². The van der Waals surface area contributed by atoms with Crippen molar-refractivity contribution in [1.82, 2.24) is 0 Å². The number of aliphatic hydroxyl groups excluding tert-OH is 2. The van der Waals surface area contributed by atoms with Crippen LogP contribution in [0.2, 0.25) is 0 Å². The van der Waals surface area contributed by atoms with Gasteiger partial charge >= 0.3 is 17.9 Å². The number of hydrogen-bond donors (Lipinski definition) is 4. The fraction of sp³-hybridized carbons (Fsp3) is 0.909. The van der Waals surface area contributed by atoms with Gasteiger partial charge in [0.1, 0.15) is 12.7 Å². The van der Waals surface area contributed by atoms with Crippen molar-refractivity contribution < 1.29 is 39.5 Å². The normalized spacial score (nSPS) is 13.5. The molecule has 0 aromatic carbocycles. The minimum atomic E-state index is -1.05. The number of carboxylic acid groups (broad SMARTS) is 2. The Morgan fingerprint density at radius 1 is 0.585 bits per heavy atom. The molecule has 0 aromatic rings. The van der Waals surface area contributed by atoms with Crippen LogP contribution in [0.15, 0.2) is 0 Å². The van der Waals surface area contributed by atoms with Gasteiger partial charge in [-0.15, -0.1) is 0 Å². The first-order chi connectivity index (χ1) is 19.8. The Morgan fingerprint density at radius 2 is 0.927 bits per heavy atom. The molecular weight excluding hydrogens is 524 g/mol. The highest BCUT2D eigenvalue weighted by Crippen LogP contribution is 2.39. The molecule has 0 amide bonds. The molecule has 0 aliphatic carbocycles. The fourth-order valence-corrected chi connectivity index (χ4v) is 5.55. The van der Waals surface area contributed by atoms with Gasteiger partial charge in [-0.25, -0.2) is 0 Å². The first-order valence-electron chi connectivity index (χ1n) is 16.7. The lowest BCUT2D eigenvalue weighted by molar-refractivity contribution is -0.161. The molecule has 0 heterocycles. The number of carboxylic acids is 2. The fourth-order valence-electron chi connectivity index (χ4n) is 5.55. The van der Waals surface area contributed by atoms with E-state index in [1.54, 1.807) is 0 Å². The second-order valence-corrected chi connectivity index (χ2v) is 12.0. The Balaban J connectivity index is 4.80. The number of unbranched alkanes of at least 4 members (excludes halogenated alkanes) is 17. The molecule has 8 nitrogen and oxygen atoms in total. The summed E-state index contributed by atoms with van der Waals surface area (Å²) in [7, 11) is 0. The lowest BCUT2D eigenvalue weighted by Gasteiger charge is -2.32. The maximum absolute atomic E-state index is 13.5. The van der Waals surface area contributed by atoms with Gasteiger partial charge in [0.2, 0.25) is 0 Å². The molecule has 0 radical (unpaired) electrons. The molecule has 0 spiro atoms. The summed E-state index contributed by atoms with van der Waals surface area (Å²) in [6, 6.07) is 0. The van der Waals surface area contributed by atoms with E-state index in [0.717, 1.165) is 148 Å². The zero-order valence-electron chi connectivity index (χ0n) is 26.1. The number of carbonyl (C=O) groups excluding carboxylic acids is 1. The predicted molar refractivity (Wildman–Crippen MR) is 163 cm³/mol. The molecule has 0 bridgehead atoms. The number of ether oxygens (including phenoxy) is 1. The minimum Gasteiger partial charge on any atom is -0.481 e. The Morgan fingerprint density at radius 3 is 1.27 bits per heavy atom. The molecule has 0 aliphatic heterocycles. The summed E-state index contributed by atoms with van der Waals surface area (Å²) in [5, 5.41) is 36.5. The zero-order valence-corrected chi connectivity index (χ0v) is 26.1. The van der Waals surface area contributed by atoms with Crippen LogP contribution in [0, 0.1) is 5.41 Å². The predicted octanol–water partition coefficient (Wildman–Crippen LogP) is 7.81. The monoisotopic (exact) mass is 586 g/mol. The van der Waals surface area contributed by atoms with E-state index in [1.807, 2.05) is 0 Å². The molecular formula is C33H62O8. The smallest absolute Gasteiger partial charge is 0.312 e. The van der Waals surface area contributed by atoms with Crippen LogP contribution < -0.4 is 0 Å². The third kappa shape index (κ3) is 23.6. The standard InChI is InChI=1S/C33H62O8/c1-2-3-4-19-24-33(32(40)41-28-29(35)27-34,26-21-16-12-8-10-14-18-23-31(38)39)25-20-15-11-7-5-6-9-13-17-22-30(36)37/h29,34-35H,2-28H2,1H3,(H,36,37)(H,38,39). The highest BCUT2D eigenvalue weighted by Gasteiger charge is 2.38. The Kier molecular flexibility index (Phi) is 26.1. The first-order valence-corrected chi connectivity index (χ1v) is 16.7. The number of esters is 1. The van der Waals surface area contributed by atoms with Crippen LogP contribution >= 0.6 is 0 Å². The van der Waals surface area contributed by atoms with Crippen molar-refractivity contribution >= 4 is 17.9 Å². The molecule has 0 saturated carbocycles. The van der Waals surface area contributed by atoms with Gasteiger partial charge in [-0.1, -0.05) is 122 Å². The third-order valence-corrected chi connectivity index (χ3v) is 8.15. The summed E-state index contributed by atoms with van der Waals surface area (Å²) in [5.41, 5.74) is -0.547. The number of hydrogen-bond acceptors (Lipinski definition) is 6. The second-order valence-electron chi connectivity index (χ2n) is 12.0. The van der Waals surface area contributed by atoms with E-state index in [0.29, 0.717) is 0 Å². The molecule has 2 atom stereocenters. The molecule has 41 heavy (non-hydrogen) atoms. The number of carbonyl (C=O) groups is 3. The SMILES string of the molecule is CCCCCCC(CCCCCCCCCCCC(=O)O)(CCCCCCCCCC(=O)O)C(=O)OCC(O)CO. The number of aliphatic hydroxyl groups is 2. The van der Waals surface area contributed by atoms with Gasteiger partial charge in [-0.3, -0.25) is 14.4 Å². The maximum atomic E-state index is 13.5. The van der Waals surface area contributed by atoms with Crippen LogP contribution in [-0.4, -0.2) is 57.7 Å². The summed E-state index contributed by atoms with van der Waals surface area (Å²) in [5.74, 6) is -1.68. The van der Waals surface area contributed by atoms with E-state index in [9.17, 15) is 24.6 Å². The molecule has 0 rings (SSSR count). The van der Waals surface area contributed by atoms with Crippen molar-refractivity contribution in [2.75, 3.05) is 13.2 Å². The van der Waals surface area contributed by atoms with E-state index in [4.69, 9.17) is 14.9 Å². The minimum absolute atomic E-state index is 0.172. The van der Waals surface area contributed by atoms with Gasteiger partial charge in [0.15, 0.2) is 0 Å². The largest absolute Gasteiger partial charge is 0.481 e. The first kappa shape index (κ1) is 39.3. The molecule has 242 valence electrons. The van der Waals surface area contributed by atoms with Gasteiger partial charge in [0.25, 0.3) is 0 Å². The van der Waals surface area contributed by atoms with Gasteiger partial charge in [-0.2, -0.15) is 0 Å². The molecule has 8 heteroatoms. The summed E-state index contributed by atoms with van der Waals surface area (Å²) in [6.07, 6.45) is 22.4. The number of aliphatic carboxylic acids is 2. The zero-order chi connectivity index (χ0) is 30.6. The summed E-state index contributed by atoms with van der Waals surface area (Å²) < 4.78 is 5.58. The molecule has 0 saturated heterocycles. The van der Waals surface area contributed by atoms with Crippen molar-refractivity contribution in [3.05, 3.63) is 0 Å². The van der Waals surface area contributed by atoms with Crippen LogP contribution in [0.5, 0.6) is 0 Å². The molecule has 0 fully saturated rings. The van der Waals surface area contributed by atoms with Crippen LogP contribution in [0.4, 0.5) is 0 Å². The highest BCUT2D eigenvalue weighted by atomic mass is 16.5. The Hall–Kier alpha value is -1.67. The lowest BCUT2D eigenvalue weighted by atomic mass is 9.74. The van der Waals surface area contributed by atoms with Crippen molar-refractivity contribution in [3.63, 3.8) is 0 Å². The maximum Gasteiger partial charge on any atom is 0.312 e. The molecule has 0 aliphatic rings. The second kappa shape index (κ2) is 27.2. The van der Waals surface area contributed by atoms with Gasteiger partial charge < -0.3 is 25.2 Å². The van der Waals surface area contributed by atoms with Crippen LogP contribution in [0.25, 0.3) is 0 Å². The van der Waals surface area contributed by atoms with E-state index < -0.39 is 30.1 Å². The molecule has 2 unspecified atom stereocenters. The Labute approximate surface area is 249 Å². The quantitative estimate of drug-likeness (QED) is 0.0476. The number of rotatable bonds is 31. The third-order valence-electron chi connectivity index (χ3n) is 8.15. The van der Waals surface area contributed by atoms with E-state index in [2.05, 4.69) is 6.92 Å². The highest BCUT2D eigenvalue weighted by molar-refractivity contribution is 5.76. The molecule has 0 aromatic heterocycles. The summed E-state index contributed by atoms with van der Waals surface area (Å²) in [4.78, 5) is 34.7. The van der Waals surface area contributed by atoms with E-state index >= 15 is 0 Å². The van der Waals surface area contributed by atoms with Gasteiger partial charge in [-0.05, 0) is 32.1 Å². The molecule has 4 N–H and O–H groups in total. The Bertz CT molecular complexity index is 653. The summed E-state index contributed by atoms with van der Waals surface area (Å²) >= 11 is 0. The van der Waals surface area contributed by atoms with Gasteiger partial charge in [0, 0.05) is 12.8 Å². The lowest BCUT2D eigenvalue weighted by Crippen LogP contribution is -2.35. The van der Waals surface area contributed by atoms with Crippen molar-refractivity contribution in [1.29, 1.82) is 0 Å². The van der Waals surface area contributed by atoms with Crippen LogP contribution in [0.3, 0.4) is 0 Å². The summed E-state index contributed by atoms with van der Waals surface area (Å²) in [6.45, 7) is 1.58. The van der Waals surface area contributed by atoms with E-state index in [1.165, 1.54) is 0 Å². The van der Waals surface area contributed by atoms with Crippen LogP contribution in [-0.2, 0) is 19.1 Å². The van der Waals surface area contributed by atoms with E-state index in [-0.39, 0.29) is 25.4 Å².